The van der Waals surface area contributed by atoms with Crippen LogP contribution in [-0.2, 0) is 9.53 Å². The minimum absolute atomic E-state index is 0.115. The SMILES string of the molecule is CCOC(=O)CCNC(=O)c1cc(F)c(F)cc1C(=O)O. The van der Waals surface area contributed by atoms with Crippen LogP contribution in [0.1, 0.15) is 34.1 Å². The van der Waals surface area contributed by atoms with E-state index in [4.69, 9.17) is 5.11 Å². The minimum atomic E-state index is -1.57. The van der Waals surface area contributed by atoms with Crippen molar-refractivity contribution in [2.45, 2.75) is 13.3 Å². The van der Waals surface area contributed by atoms with Crippen LogP contribution >= 0.6 is 0 Å². The average molecular weight is 301 g/mol. The van der Waals surface area contributed by atoms with Gasteiger partial charge in [-0.1, -0.05) is 0 Å². The fraction of sp³-hybridized carbons (Fsp3) is 0.308. The molecule has 0 atom stereocenters. The zero-order chi connectivity index (χ0) is 16.0. The summed E-state index contributed by atoms with van der Waals surface area (Å²) in [6.45, 7) is 1.70. The predicted molar refractivity (Wildman–Crippen MR) is 66.9 cm³/mol. The van der Waals surface area contributed by atoms with Crippen LogP contribution in [0, 0.1) is 11.6 Å². The maximum Gasteiger partial charge on any atom is 0.336 e. The van der Waals surface area contributed by atoms with Crippen molar-refractivity contribution in [3.05, 3.63) is 34.9 Å². The first-order chi connectivity index (χ1) is 9.86. The number of halogens is 2. The van der Waals surface area contributed by atoms with Crippen molar-refractivity contribution in [1.29, 1.82) is 0 Å². The first-order valence-corrected chi connectivity index (χ1v) is 6.03. The van der Waals surface area contributed by atoms with Crippen molar-refractivity contribution in [3.63, 3.8) is 0 Å². The highest BCUT2D eigenvalue weighted by Crippen LogP contribution is 2.15. The highest BCUT2D eigenvalue weighted by molar-refractivity contribution is 6.04. The molecule has 0 bridgehead atoms. The van der Waals surface area contributed by atoms with Crippen molar-refractivity contribution >= 4 is 17.8 Å². The summed E-state index contributed by atoms with van der Waals surface area (Å²) >= 11 is 0. The third-order valence-corrected chi connectivity index (χ3v) is 2.46. The van der Waals surface area contributed by atoms with E-state index in [2.05, 4.69) is 10.1 Å². The molecule has 1 aromatic rings. The van der Waals surface area contributed by atoms with E-state index in [1.165, 1.54) is 0 Å². The molecular weight excluding hydrogens is 288 g/mol. The highest BCUT2D eigenvalue weighted by Gasteiger charge is 2.20. The van der Waals surface area contributed by atoms with E-state index in [-0.39, 0.29) is 19.6 Å². The Morgan fingerprint density at radius 1 is 1.19 bits per heavy atom. The summed E-state index contributed by atoms with van der Waals surface area (Å²) in [7, 11) is 0. The summed E-state index contributed by atoms with van der Waals surface area (Å²) in [5.41, 5.74) is -1.19. The lowest BCUT2D eigenvalue weighted by Gasteiger charge is -2.08. The molecule has 1 amide bonds. The van der Waals surface area contributed by atoms with E-state index >= 15 is 0 Å². The van der Waals surface area contributed by atoms with Gasteiger partial charge in [0, 0.05) is 6.54 Å². The van der Waals surface area contributed by atoms with Crippen molar-refractivity contribution in [2.24, 2.45) is 0 Å². The maximum atomic E-state index is 13.1. The number of aromatic carboxylic acids is 1. The van der Waals surface area contributed by atoms with Gasteiger partial charge in [-0.25, -0.2) is 13.6 Å². The first kappa shape index (κ1) is 16.5. The molecule has 1 rings (SSSR count). The Morgan fingerprint density at radius 3 is 2.29 bits per heavy atom. The largest absolute Gasteiger partial charge is 0.478 e. The molecular formula is C13H13F2NO5. The fourth-order valence-corrected chi connectivity index (χ4v) is 1.52. The smallest absolute Gasteiger partial charge is 0.336 e. The molecule has 21 heavy (non-hydrogen) atoms. The molecule has 114 valence electrons. The Kier molecular flexibility index (Phi) is 5.77. The lowest BCUT2D eigenvalue weighted by Crippen LogP contribution is -2.28. The second-order valence-corrected chi connectivity index (χ2v) is 3.93. The number of carbonyl (C=O) groups excluding carboxylic acids is 2. The van der Waals surface area contributed by atoms with Crippen LogP contribution in [0.3, 0.4) is 0 Å². The standard InChI is InChI=1S/C13H13F2NO5/c1-2-21-11(17)3-4-16-12(18)7-5-9(14)10(15)6-8(7)13(19)20/h5-6H,2-4H2,1H3,(H,16,18)(H,19,20). The van der Waals surface area contributed by atoms with Gasteiger partial charge < -0.3 is 15.2 Å². The number of carbonyl (C=O) groups is 3. The number of carboxylic acids is 1. The molecule has 2 N–H and O–H groups in total. The van der Waals surface area contributed by atoms with E-state index in [1.807, 2.05) is 0 Å². The summed E-state index contributed by atoms with van der Waals surface area (Å²) in [6, 6.07) is 0.927. The molecule has 0 fully saturated rings. The van der Waals surface area contributed by atoms with Crippen LogP contribution in [0.2, 0.25) is 0 Å². The first-order valence-electron chi connectivity index (χ1n) is 6.03. The van der Waals surface area contributed by atoms with Crippen LogP contribution in [0.4, 0.5) is 8.78 Å². The molecule has 0 aliphatic carbocycles. The molecule has 0 radical (unpaired) electrons. The topological polar surface area (TPSA) is 92.7 Å². The Balaban J connectivity index is 2.80. The lowest BCUT2D eigenvalue weighted by molar-refractivity contribution is -0.142. The molecule has 0 aromatic heterocycles. The van der Waals surface area contributed by atoms with Gasteiger partial charge >= 0.3 is 11.9 Å². The normalized spacial score (nSPS) is 10.0. The summed E-state index contributed by atoms with van der Waals surface area (Å²) in [5, 5.41) is 11.1. The van der Waals surface area contributed by atoms with Crippen molar-refractivity contribution in [3.8, 4) is 0 Å². The van der Waals surface area contributed by atoms with E-state index in [0.29, 0.717) is 12.1 Å². The van der Waals surface area contributed by atoms with Gasteiger partial charge in [0.05, 0.1) is 24.2 Å². The van der Waals surface area contributed by atoms with Gasteiger partial charge in [0.25, 0.3) is 5.91 Å². The van der Waals surface area contributed by atoms with Crippen LogP contribution < -0.4 is 5.32 Å². The van der Waals surface area contributed by atoms with Gasteiger partial charge in [-0.05, 0) is 19.1 Å². The average Bonchev–Trinajstić information content (AvgIpc) is 2.41. The minimum Gasteiger partial charge on any atom is -0.478 e. The Labute approximate surface area is 118 Å². The monoisotopic (exact) mass is 301 g/mol. The van der Waals surface area contributed by atoms with Gasteiger partial charge in [-0.15, -0.1) is 0 Å². The number of carboxylic acid groups (broad SMARTS) is 1. The molecule has 6 nitrogen and oxygen atoms in total. The number of esters is 1. The van der Waals surface area contributed by atoms with Gasteiger partial charge in [0.2, 0.25) is 0 Å². The maximum absolute atomic E-state index is 13.1. The number of nitrogens with one attached hydrogen (secondary N) is 1. The van der Waals surface area contributed by atoms with Crippen molar-refractivity contribution < 1.29 is 33.0 Å². The summed E-state index contributed by atoms with van der Waals surface area (Å²) in [5.74, 6) is -5.73. The summed E-state index contributed by atoms with van der Waals surface area (Å²) in [6.07, 6.45) is -0.119. The second-order valence-electron chi connectivity index (χ2n) is 3.93. The third kappa shape index (κ3) is 4.51. The van der Waals surface area contributed by atoms with Crippen molar-refractivity contribution in [2.75, 3.05) is 13.2 Å². The van der Waals surface area contributed by atoms with Crippen molar-refractivity contribution in [1.82, 2.24) is 5.32 Å². The Morgan fingerprint density at radius 2 is 1.76 bits per heavy atom. The van der Waals surface area contributed by atoms with E-state index in [1.54, 1.807) is 6.92 Å². The highest BCUT2D eigenvalue weighted by atomic mass is 19.2. The predicted octanol–water partition coefficient (Wildman–Crippen LogP) is 1.35. The Hall–Kier alpha value is -2.51. The lowest BCUT2D eigenvalue weighted by atomic mass is 10.1. The molecule has 1 aromatic carbocycles. The van der Waals surface area contributed by atoms with Gasteiger partial charge in [-0.3, -0.25) is 9.59 Å². The van der Waals surface area contributed by atoms with E-state index < -0.39 is 40.6 Å². The van der Waals surface area contributed by atoms with Crippen LogP contribution in [0.15, 0.2) is 12.1 Å². The zero-order valence-electron chi connectivity index (χ0n) is 11.1. The number of benzene rings is 1. The molecule has 0 heterocycles. The zero-order valence-corrected chi connectivity index (χ0v) is 11.1. The molecule has 0 spiro atoms. The second kappa shape index (κ2) is 7.32. The molecule has 0 saturated heterocycles. The van der Waals surface area contributed by atoms with Gasteiger partial charge in [0.15, 0.2) is 11.6 Å². The molecule has 0 unspecified atom stereocenters. The van der Waals surface area contributed by atoms with Crippen LogP contribution in [0.5, 0.6) is 0 Å². The third-order valence-electron chi connectivity index (χ3n) is 2.46. The summed E-state index contributed by atoms with van der Waals surface area (Å²) in [4.78, 5) is 33.7. The summed E-state index contributed by atoms with van der Waals surface area (Å²) < 4.78 is 30.7. The molecule has 0 aliphatic heterocycles. The van der Waals surface area contributed by atoms with E-state index in [9.17, 15) is 23.2 Å². The van der Waals surface area contributed by atoms with Crippen LogP contribution in [0.25, 0.3) is 0 Å². The molecule has 8 heteroatoms. The number of amides is 1. The molecule has 0 saturated carbocycles. The van der Waals surface area contributed by atoms with Gasteiger partial charge in [0.1, 0.15) is 0 Å². The van der Waals surface area contributed by atoms with Gasteiger partial charge in [-0.2, -0.15) is 0 Å². The number of ether oxygens (including phenoxy) is 1. The van der Waals surface area contributed by atoms with E-state index in [0.717, 1.165) is 0 Å². The quantitative estimate of drug-likeness (QED) is 0.774. The van der Waals surface area contributed by atoms with Crippen LogP contribution in [-0.4, -0.2) is 36.1 Å². The number of rotatable bonds is 6. The Bertz CT molecular complexity index is 574. The molecule has 0 aliphatic rings. The number of hydrogen-bond donors (Lipinski definition) is 2. The number of hydrogen-bond acceptors (Lipinski definition) is 4. The fourth-order valence-electron chi connectivity index (χ4n) is 1.52.